The Hall–Kier alpha value is -1.39. The first-order valence-electron chi connectivity index (χ1n) is 7.75. The van der Waals surface area contributed by atoms with E-state index in [2.05, 4.69) is 36.1 Å². The van der Waals surface area contributed by atoms with Gasteiger partial charge in [0.05, 0.1) is 13.2 Å². The van der Waals surface area contributed by atoms with Crippen LogP contribution in [-0.4, -0.2) is 62.1 Å². The minimum absolute atomic E-state index is 0.227. The summed E-state index contributed by atoms with van der Waals surface area (Å²) in [5.74, 6) is 0.227. The van der Waals surface area contributed by atoms with Crippen LogP contribution in [0.1, 0.15) is 17.5 Å². The Morgan fingerprint density at radius 1 is 1.33 bits per heavy atom. The molecule has 0 saturated carbocycles. The zero-order chi connectivity index (χ0) is 15.1. The number of likely N-dealkylation sites (N-methyl/N-ethyl adjacent to an activating group) is 1. The van der Waals surface area contributed by atoms with Crippen molar-refractivity contribution in [3.63, 3.8) is 0 Å². The van der Waals surface area contributed by atoms with Gasteiger partial charge in [0.15, 0.2) is 0 Å². The van der Waals surface area contributed by atoms with E-state index in [9.17, 15) is 4.79 Å². The third-order valence-electron chi connectivity index (χ3n) is 3.99. The number of amides is 1. The molecule has 4 heteroatoms. The van der Waals surface area contributed by atoms with Crippen LogP contribution in [0.5, 0.6) is 0 Å². The molecule has 1 aromatic rings. The van der Waals surface area contributed by atoms with E-state index in [1.165, 1.54) is 11.1 Å². The van der Waals surface area contributed by atoms with Gasteiger partial charge in [-0.15, -0.1) is 0 Å². The Morgan fingerprint density at radius 2 is 2.10 bits per heavy atom. The number of nitrogens with zero attached hydrogens (tertiary/aromatic N) is 2. The zero-order valence-corrected chi connectivity index (χ0v) is 13.2. The number of hydrogen-bond acceptors (Lipinski definition) is 3. The van der Waals surface area contributed by atoms with Gasteiger partial charge in [0, 0.05) is 39.6 Å². The Bertz CT molecular complexity index is 456. The van der Waals surface area contributed by atoms with E-state index in [-0.39, 0.29) is 5.91 Å². The summed E-state index contributed by atoms with van der Waals surface area (Å²) in [4.78, 5) is 16.4. The average Bonchev–Trinajstić information content (AvgIpc) is 2.51. The molecule has 1 amide bonds. The normalized spacial score (nSPS) is 15.9. The SMILES string of the molecule is Cc1cccc(CCC(=O)N(C)CCN2CCOCC2)c1. The fraction of sp³-hybridized carbons (Fsp3) is 0.588. The van der Waals surface area contributed by atoms with Crippen LogP contribution in [-0.2, 0) is 16.0 Å². The van der Waals surface area contributed by atoms with Gasteiger partial charge >= 0.3 is 0 Å². The third kappa shape index (κ3) is 5.48. The molecular weight excluding hydrogens is 264 g/mol. The van der Waals surface area contributed by atoms with Crippen molar-refractivity contribution < 1.29 is 9.53 Å². The van der Waals surface area contributed by atoms with Crippen LogP contribution in [0, 0.1) is 6.92 Å². The highest BCUT2D eigenvalue weighted by molar-refractivity contribution is 5.76. The first-order chi connectivity index (χ1) is 10.1. The molecule has 1 aliphatic rings. The van der Waals surface area contributed by atoms with E-state index in [1.807, 2.05) is 11.9 Å². The molecule has 0 radical (unpaired) electrons. The predicted molar refractivity (Wildman–Crippen MR) is 84.4 cm³/mol. The second-order valence-electron chi connectivity index (χ2n) is 5.76. The number of aryl methyl sites for hydroxylation is 2. The highest BCUT2D eigenvalue weighted by Crippen LogP contribution is 2.07. The Balaban J connectivity index is 1.69. The molecule has 2 rings (SSSR count). The Kier molecular flexibility index (Phi) is 6.21. The smallest absolute Gasteiger partial charge is 0.222 e. The van der Waals surface area contributed by atoms with E-state index >= 15 is 0 Å². The monoisotopic (exact) mass is 290 g/mol. The molecule has 0 bridgehead atoms. The molecule has 1 aliphatic heterocycles. The topological polar surface area (TPSA) is 32.8 Å². The molecule has 0 unspecified atom stereocenters. The van der Waals surface area contributed by atoms with Crippen molar-refractivity contribution in [3.8, 4) is 0 Å². The van der Waals surface area contributed by atoms with E-state index in [1.54, 1.807) is 0 Å². The fourth-order valence-electron chi connectivity index (χ4n) is 2.55. The molecule has 1 fully saturated rings. The summed E-state index contributed by atoms with van der Waals surface area (Å²) in [6, 6.07) is 8.38. The maximum absolute atomic E-state index is 12.2. The lowest BCUT2D eigenvalue weighted by molar-refractivity contribution is -0.130. The largest absolute Gasteiger partial charge is 0.379 e. The first-order valence-corrected chi connectivity index (χ1v) is 7.75. The van der Waals surface area contributed by atoms with E-state index in [4.69, 9.17) is 4.74 Å². The van der Waals surface area contributed by atoms with E-state index in [0.29, 0.717) is 6.42 Å². The van der Waals surface area contributed by atoms with Gasteiger partial charge in [0.1, 0.15) is 0 Å². The minimum atomic E-state index is 0.227. The molecule has 21 heavy (non-hydrogen) atoms. The van der Waals surface area contributed by atoms with E-state index < -0.39 is 0 Å². The minimum Gasteiger partial charge on any atom is -0.379 e. The predicted octanol–water partition coefficient (Wildman–Crippen LogP) is 1.72. The number of ether oxygens (including phenoxy) is 1. The van der Waals surface area contributed by atoms with Crippen molar-refractivity contribution in [1.29, 1.82) is 0 Å². The van der Waals surface area contributed by atoms with Gasteiger partial charge in [-0.25, -0.2) is 0 Å². The van der Waals surface area contributed by atoms with Crippen molar-refractivity contribution >= 4 is 5.91 Å². The number of rotatable bonds is 6. The number of benzene rings is 1. The molecule has 0 aliphatic carbocycles. The summed E-state index contributed by atoms with van der Waals surface area (Å²) >= 11 is 0. The first kappa shape index (κ1) is 16.0. The number of carbonyl (C=O) groups is 1. The lowest BCUT2D eigenvalue weighted by Crippen LogP contribution is -2.41. The highest BCUT2D eigenvalue weighted by atomic mass is 16.5. The quantitative estimate of drug-likeness (QED) is 0.800. The lowest BCUT2D eigenvalue weighted by atomic mass is 10.1. The fourth-order valence-corrected chi connectivity index (χ4v) is 2.55. The molecule has 116 valence electrons. The molecule has 1 aromatic carbocycles. The van der Waals surface area contributed by atoms with Gasteiger partial charge in [-0.1, -0.05) is 29.8 Å². The van der Waals surface area contributed by atoms with E-state index in [0.717, 1.165) is 45.8 Å². The van der Waals surface area contributed by atoms with Crippen molar-refractivity contribution in [3.05, 3.63) is 35.4 Å². The summed E-state index contributed by atoms with van der Waals surface area (Å²) < 4.78 is 5.33. The maximum atomic E-state index is 12.2. The van der Waals surface area contributed by atoms with Gasteiger partial charge in [-0.3, -0.25) is 9.69 Å². The molecule has 4 nitrogen and oxygen atoms in total. The van der Waals surface area contributed by atoms with Crippen molar-refractivity contribution in [2.45, 2.75) is 19.8 Å². The van der Waals surface area contributed by atoms with Gasteiger partial charge < -0.3 is 9.64 Å². The molecule has 1 heterocycles. The second-order valence-corrected chi connectivity index (χ2v) is 5.76. The molecule has 0 atom stereocenters. The summed E-state index contributed by atoms with van der Waals surface area (Å²) in [5.41, 5.74) is 2.49. The molecule has 0 aromatic heterocycles. The third-order valence-corrected chi connectivity index (χ3v) is 3.99. The van der Waals surface area contributed by atoms with Gasteiger partial charge in [0.2, 0.25) is 5.91 Å². The van der Waals surface area contributed by atoms with Gasteiger partial charge in [-0.2, -0.15) is 0 Å². The Morgan fingerprint density at radius 3 is 2.81 bits per heavy atom. The number of morpholine rings is 1. The number of hydrogen-bond donors (Lipinski definition) is 0. The molecule has 1 saturated heterocycles. The summed E-state index contributed by atoms with van der Waals surface area (Å²) in [6.07, 6.45) is 1.41. The number of carbonyl (C=O) groups excluding carboxylic acids is 1. The van der Waals surface area contributed by atoms with Crippen LogP contribution in [0.15, 0.2) is 24.3 Å². The van der Waals surface area contributed by atoms with Crippen LogP contribution < -0.4 is 0 Å². The van der Waals surface area contributed by atoms with Crippen LogP contribution >= 0.6 is 0 Å². The van der Waals surface area contributed by atoms with Gasteiger partial charge in [0.25, 0.3) is 0 Å². The Labute approximate surface area is 127 Å². The lowest BCUT2D eigenvalue weighted by Gasteiger charge is -2.28. The molecular formula is C17H26N2O2. The maximum Gasteiger partial charge on any atom is 0.222 e. The second kappa shape index (κ2) is 8.15. The van der Waals surface area contributed by atoms with Gasteiger partial charge in [-0.05, 0) is 18.9 Å². The van der Waals surface area contributed by atoms with Crippen LogP contribution in [0.4, 0.5) is 0 Å². The van der Waals surface area contributed by atoms with Crippen molar-refractivity contribution in [1.82, 2.24) is 9.80 Å². The standard InChI is InChI=1S/C17H26N2O2/c1-15-4-3-5-16(14-15)6-7-17(20)18(2)8-9-19-10-12-21-13-11-19/h3-5,14H,6-13H2,1-2H3. The highest BCUT2D eigenvalue weighted by Gasteiger charge is 2.13. The van der Waals surface area contributed by atoms with Crippen molar-refractivity contribution in [2.75, 3.05) is 46.4 Å². The zero-order valence-electron chi connectivity index (χ0n) is 13.2. The summed E-state index contributed by atoms with van der Waals surface area (Å²) in [6.45, 7) is 7.40. The van der Waals surface area contributed by atoms with Crippen LogP contribution in [0.25, 0.3) is 0 Å². The van der Waals surface area contributed by atoms with Crippen molar-refractivity contribution in [2.24, 2.45) is 0 Å². The van der Waals surface area contributed by atoms with Crippen LogP contribution in [0.3, 0.4) is 0 Å². The van der Waals surface area contributed by atoms with Crippen LogP contribution in [0.2, 0.25) is 0 Å². The summed E-state index contributed by atoms with van der Waals surface area (Å²) in [5, 5.41) is 0. The average molecular weight is 290 g/mol. The summed E-state index contributed by atoms with van der Waals surface area (Å²) in [7, 11) is 1.90. The molecule has 0 spiro atoms. The molecule has 0 N–H and O–H groups in total.